The highest BCUT2D eigenvalue weighted by atomic mass is 32.1. The number of hydrogen-bond acceptors (Lipinski definition) is 4. The van der Waals surface area contributed by atoms with Gasteiger partial charge in [0.2, 0.25) is 5.89 Å². The van der Waals surface area contributed by atoms with Gasteiger partial charge in [0.25, 0.3) is 5.56 Å². The SMILES string of the molecule is Cc1nc(Cn2ccc3sccc3c2=O)oc1C. The molecule has 0 aliphatic rings. The van der Waals surface area contributed by atoms with E-state index in [1.807, 2.05) is 31.4 Å². The van der Waals surface area contributed by atoms with Gasteiger partial charge in [0.1, 0.15) is 12.3 Å². The number of nitrogens with zero attached hydrogens (tertiary/aromatic N) is 2. The first-order valence-electron chi connectivity index (χ1n) is 5.65. The van der Waals surface area contributed by atoms with E-state index in [9.17, 15) is 4.79 Å². The zero-order chi connectivity index (χ0) is 12.7. The normalized spacial score (nSPS) is 11.2. The van der Waals surface area contributed by atoms with Crippen LogP contribution in [0.25, 0.3) is 10.1 Å². The van der Waals surface area contributed by atoms with E-state index >= 15 is 0 Å². The van der Waals surface area contributed by atoms with Crippen molar-refractivity contribution in [2.45, 2.75) is 20.4 Å². The van der Waals surface area contributed by atoms with Crippen LogP contribution in [0.1, 0.15) is 17.3 Å². The van der Waals surface area contributed by atoms with Crippen molar-refractivity contribution >= 4 is 21.4 Å². The molecule has 5 heteroatoms. The highest BCUT2D eigenvalue weighted by Crippen LogP contribution is 2.17. The Morgan fingerprint density at radius 1 is 1.39 bits per heavy atom. The quantitative estimate of drug-likeness (QED) is 0.711. The number of thiophene rings is 1. The van der Waals surface area contributed by atoms with Crippen molar-refractivity contribution in [1.29, 1.82) is 0 Å². The van der Waals surface area contributed by atoms with Crippen LogP contribution >= 0.6 is 11.3 Å². The van der Waals surface area contributed by atoms with E-state index < -0.39 is 0 Å². The van der Waals surface area contributed by atoms with Crippen LogP contribution in [0.3, 0.4) is 0 Å². The van der Waals surface area contributed by atoms with Crippen LogP contribution in [0.4, 0.5) is 0 Å². The van der Waals surface area contributed by atoms with E-state index in [0.717, 1.165) is 21.5 Å². The van der Waals surface area contributed by atoms with E-state index in [-0.39, 0.29) is 5.56 Å². The Morgan fingerprint density at radius 3 is 2.94 bits per heavy atom. The summed E-state index contributed by atoms with van der Waals surface area (Å²) in [7, 11) is 0. The molecule has 3 aromatic heterocycles. The van der Waals surface area contributed by atoms with Gasteiger partial charge in [-0.05, 0) is 31.4 Å². The molecule has 0 atom stereocenters. The first-order chi connectivity index (χ1) is 8.65. The fourth-order valence-corrected chi connectivity index (χ4v) is 2.66. The van der Waals surface area contributed by atoms with Crippen molar-refractivity contribution in [2.24, 2.45) is 0 Å². The number of fused-ring (bicyclic) bond motifs is 1. The van der Waals surface area contributed by atoms with Crippen molar-refractivity contribution in [2.75, 3.05) is 0 Å². The molecule has 0 aliphatic heterocycles. The van der Waals surface area contributed by atoms with Gasteiger partial charge in [-0.3, -0.25) is 4.79 Å². The van der Waals surface area contributed by atoms with Crippen molar-refractivity contribution in [3.05, 3.63) is 51.4 Å². The summed E-state index contributed by atoms with van der Waals surface area (Å²) < 4.78 is 8.13. The van der Waals surface area contributed by atoms with Gasteiger partial charge >= 0.3 is 0 Å². The van der Waals surface area contributed by atoms with Crippen LogP contribution in [-0.2, 0) is 6.54 Å². The molecular formula is C13H12N2O2S. The fraction of sp³-hybridized carbons (Fsp3) is 0.231. The van der Waals surface area contributed by atoms with Crippen LogP contribution < -0.4 is 5.56 Å². The Hall–Kier alpha value is -1.88. The highest BCUT2D eigenvalue weighted by Gasteiger charge is 2.09. The standard InChI is InChI=1S/C13H12N2O2S/c1-8-9(2)17-12(14-8)7-15-5-3-11-10(13(15)16)4-6-18-11/h3-6H,7H2,1-2H3. The Balaban J connectivity index is 2.04. The summed E-state index contributed by atoms with van der Waals surface area (Å²) in [4.78, 5) is 16.5. The lowest BCUT2D eigenvalue weighted by atomic mass is 10.3. The van der Waals surface area contributed by atoms with Crippen LogP contribution in [0.15, 0.2) is 32.9 Å². The van der Waals surface area contributed by atoms with Gasteiger partial charge in [-0.2, -0.15) is 0 Å². The van der Waals surface area contributed by atoms with Gasteiger partial charge in [-0.1, -0.05) is 0 Å². The molecule has 0 radical (unpaired) electrons. The predicted octanol–water partition coefficient (Wildman–Crippen LogP) is 2.72. The van der Waals surface area contributed by atoms with Gasteiger partial charge in [0, 0.05) is 10.9 Å². The molecule has 0 saturated carbocycles. The molecule has 3 heterocycles. The summed E-state index contributed by atoms with van der Waals surface area (Å²) in [6.07, 6.45) is 1.79. The summed E-state index contributed by atoms with van der Waals surface area (Å²) in [5, 5.41) is 2.68. The van der Waals surface area contributed by atoms with Crippen molar-refractivity contribution in [3.8, 4) is 0 Å². The summed E-state index contributed by atoms with van der Waals surface area (Å²) in [5.74, 6) is 1.37. The van der Waals surface area contributed by atoms with Gasteiger partial charge in [0.05, 0.1) is 11.1 Å². The monoisotopic (exact) mass is 260 g/mol. The third kappa shape index (κ3) is 1.76. The smallest absolute Gasteiger partial charge is 0.259 e. The summed E-state index contributed by atoms with van der Waals surface area (Å²) >= 11 is 1.57. The third-order valence-corrected chi connectivity index (χ3v) is 3.85. The van der Waals surface area contributed by atoms with Crippen LogP contribution in [0.2, 0.25) is 0 Å². The lowest BCUT2D eigenvalue weighted by Crippen LogP contribution is -2.19. The number of hydrogen-bond donors (Lipinski definition) is 0. The number of aryl methyl sites for hydroxylation is 2. The van der Waals surface area contributed by atoms with Gasteiger partial charge in [0.15, 0.2) is 0 Å². The summed E-state index contributed by atoms with van der Waals surface area (Å²) in [6, 6.07) is 3.80. The third-order valence-electron chi connectivity index (χ3n) is 2.97. The molecule has 0 aromatic carbocycles. The Morgan fingerprint density at radius 2 is 2.22 bits per heavy atom. The molecule has 0 aliphatic carbocycles. The maximum atomic E-state index is 12.2. The molecule has 4 nitrogen and oxygen atoms in total. The first kappa shape index (κ1) is 11.2. The molecule has 92 valence electrons. The highest BCUT2D eigenvalue weighted by molar-refractivity contribution is 7.17. The number of oxazole rings is 1. The van der Waals surface area contributed by atoms with E-state index in [1.54, 1.807) is 22.1 Å². The van der Waals surface area contributed by atoms with Gasteiger partial charge < -0.3 is 8.98 Å². The maximum Gasteiger partial charge on any atom is 0.259 e. The number of pyridine rings is 1. The van der Waals surface area contributed by atoms with E-state index in [4.69, 9.17) is 4.42 Å². The molecule has 0 saturated heterocycles. The summed E-state index contributed by atoms with van der Waals surface area (Å²) in [6.45, 7) is 4.14. The molecule has 3 aromatic rings. The van der Waals surface area contributed by atoms with Crippen LogP contribution in [0.5, 0.6) is 0 Å². The van der Waals surface area contributed by atoms with Crippen LogP contribution in [-0.4, -0.2) is 9.55 Å². The topological polar surface area (TPSA) is 48.0 Å². The Kier molecular flexibility index (Phi) is 2.56. The lowest BCUT2D eigenvalue weighted by molar-refractivity contribution is 0.454. The average Bonchev–Trinajstić information content (AvgIpc) is 2.91. The lowest BCUT2D eigenvalue weighted by Gasteiger charge is -2.02. The van der Waals surface area contributed by atoms with Gasteiger partial charge in [-0.25, -0.2) is 4.98 Å². The molecule has 0 bridgehead atoms. The van der Waals surface area contributed by atoms with Crippen molar-refractivity contribution in [1.82, 2.24) is 9.55 Å². The Labute approximate surface area is 108 Å². The summed E-state index contributed by atoms with van der Waals surface area (Å²) in [5.41, 5.74) is 0.872. The van der Waals surface area contributed by atoms with Crippen molar-refractivity contribution in [3.63, 3.8) is 0 Å². The predicted molar refractivity (Wildman–Crippen MR) is 71.2 cm³/mol. The zero-order valence-electron chi connectivity index (χ0n) is 10.1. The second-order valence-electron chi connectivity index (χ2n) is 4.20. The largest absolute Gasteiger partial charge is 0.444 e. The molecule has 0 fully saturated rings. The fourth-order valence-electron chi connectivity index (χ4n) is 1.88. The van der Waals surface area contributed by atoms with Gasteiger partial charge in [-0.15, -0.1) is 11.3 Å². The minimum absolute atomic E-state index is 0.00209. The molecule has 0 amide bonds. The molecule has 0 N–H and O–H groups in total. The molecular weight excluding hydrogens is 248 g/mol. The Bertz CT molecular complexity index is 747. The van der Waals surface area contributed by atoms with E-state index in [0.29, 0.717) is 12.4 Å². The first-order valence-corrected chi connectivity index (χ1v) is 6.52. The van der Waals surface area contributed by atoms with E-state index in [1.165, 1.54) is 0 Å². The molecule has 18 heavy (non-hydrogen) atoms. The minimum atomic E-state index is 0.00209. The average molecular weight is 260 g/mol. The second-order valence-corrected chi connectivity index (χ2v) is 5.14. The van der Waals surface area contributed by atoms with E-state index in [2.05, 4.69) is 4.98 Å². The number of aromatic nitrogens is 2. The molecule has 0 unspecified atom stereocenters. The zero-order valence-corrected chi connectivity index (χ0v) is 11.0. The minimum Gasteiger partial charge on any atom is -0.444 e. The molecule has 3 rings (SSSR count). The second kappa shape index (κ2) is 4.10. The van der Waals surface area contributed by atoms with Crippen LogP contribution in [0, 0.1) is 13.8 Å². The van der Waals surface area contributed by atoms with Crippen molar-refractivity contribution < 1.29 is 4.42 Å². The number of rotatable bonds is 2. The molecule has 0 spiro atoms. The maximum absolute atomic E-state index is 12.2.